The van der Waals surface area contributed by atoms with Crippen molar-refractivity contribution in [3.05, 3.63) is 35.4 Å². The Morgan fingerprint density at radius 2 is 1.55 bits per heavy atom. The average molecular weight is 341 g/mol. The Balaban J connectivity index is 2.27. The summed E-state index contributed by atoms with van der Waals surface area (Å²) in [5.74, 6) is -0.00113. The van der Waals surface area contributed by atoms with E-state index in [1.54, 1.807) is 0 Å². The Hall–Kier alpha value is -0.380. The summed E-state index contributed by atoms with van der Waals surface area (Å²) in [6.07, 6.45) is 1.31. The Kier molecular flexibility index (Phi) is 4.93. The summed E-state index contributed by atoms with van der Waals surface area (Å²) in [6, 6.07) is 8.65. The monoisotopic (exact) mass is 340 g/mol. The maximum Gasteiger partial charge on any atom is 0.208 e. The highest BCUT2D eigenvalue weighted by molar-refractivity contribution is 9.09. The molecule has 1 saturated heterocycles. The van der Waals surface area contributed by atoms with Crippen molar-refractivity contribution in [2.24, 2.45) is 5.92 Å². The number of ether oxygens (including phenoxy) is 2. The number of hydrogen-bond donors (Lipinski definition) is 0. The first-order valence-electron chi connectivity index (χ1n) is 7.44. The number of rotatable bonds is 4. The van der Waals surface area contributed by atoms with Gasteiger partial charge in [0.1, 0.15) is 0 Å². The van der Waals surface area contributed by atoms with Crippen LogP contribution in [0.2, 0.25) is 0 Å². The molecule has 1 aliphatic rings. The van der Waals surface area contributed by atoms with Crippen molar-refractivity contribution in [2.45, 2.75) is 63.9 Å². The van der Waals surface area contributed by atoms with E-state index in [2.05, 4.69) is 74.8 Å². The third-order valence-electron chi connectivity index (χ3n) is 3.91. The number of benzene rings is 1. The molecule has 0 spiro atoms. The van der Waals surface area contributed by atoms with E-state index in [1.165, 1.54) is 5.56 Å². The van der Waals surface area contributed by atoms with Gasteiger partial charge in [-0.05, 0) is 38.7 Å². The molecule has 3 unspecified atom stereocenters. The molecule has 2 nitrogen and oxygen atoms in total. The van der Waals surface area contributed by atoms with Crippen LogP contribution in [-0.4, -0.2) is 17.0 Å². The van der Waals surface area contributed by atoms with E-state index in [9.17, 15) is 0 Å². The quantitative estimate of drug-likeness (QED) is 0.743. The third-order valence-corrected chi connectivity index (χ3v) is 4.51. The van der Waals surface area contributed by atoms with Gasteiger partial charge in [0.15, 0.2) is 0 Å². The highest BCUT2D eigenvalue weighted by Crippen LogP contribution is 2.43. The van der Waals surface area contributed by atoms with Crippen molar-refractivity contribution < 1.29 is 9.47 Å². The Labute approximate surface area is 131 Å². The first-order chi connectivity index (χ1) is 9.35. The largest absolute Gasteiger partial charge is 0.339 e. The van der Waals surface area contributed by atoms with Crippen LogP contribution in [0.3, 0.4) is 0 Å². The van der Waals surface area contributed by atoms with Gasteiger partial charge in [-0.25, -0.2) is 0 Å². The van der Waals surface area contributed by atoms with E-state index in [-0.39, 0.29) is 17.0 Å². The molecule has 20 heavy (non-hydrogen) atoms. The van der Waals surface area contributed by atoms with E-state index in [0.29, 0.717) is 5.92 Å². The molecule has 0 N–H and O–H groups in total. The van der Waals surface area contributed by atoms with Crippen LogP contribution in [0.1, 0.15) is 45.7 Å². The molecule has 112 valence electrons. The van der Waals surface area contributed by atoms with Gasteiger partial charge in [0.05, 0.1) is 17.0 Å². The number of alkyl halides is 1. The fourth-order valence-corrected chi connectivity index (χ4v) is 3.15. The molecular formula is C17H25BrO2. The highest BCUT2D eigenvalue weighted by atomic mass is 79.9. The Morgan fingerprint density at radius 3 is 1.95 bits per heavy atom. The number of halogens is 1. The Morgan fingerprint density at radius 1 is 1.05 bits per heavy atom. The lowest BCUT2D eigenvalue weighted by molar-refractivity contribution is -0.178. The van der Waals surface area contributed by atoms with Gasteiger partial charge in [-0.3, -0.25) is 0 Å². The summed E-state index contributed by atoms with van der Waals surface area (Å²) >= 11 is 3.66. The molecule has 1 aromatic rings. The average Bonchev–Trinajstić information content (AvgIpc) is 2.67. The van der Waals surface area contributed by atoms with Gasteiger partial charge in [-0.2, -0.15) is 0 Å². The fourth-order valence-electron chi connectivity index (χ4n) is 2.67. The molecule has 2 rings (SSSR count). The second-order valence-electron chi connectivity index (χ2n) is 6.22. The molecule has 0 aliphatic carbocycles. The summed E-state index contributed by atoms with van der Waals surface area (Å²) in [5.41, 5.74) is 2.45. The summed E-state index contributed by atoms with van der Waals surface area (Å²) < 4.78 is 12.3. The molecular weight excluding hydrogens is 316 g/mol. The predicted octanol–water partition coefficient (Wildman–Crippen LogP) is 4.65. The minimum absolute atomic E-state index is 0.0957. The first-order valence-corrected chi connectivity index (χ1v) is 8.36. The maximum atomic E-state index is 6.16. The second-order valence-corrected chi connectivity index (χ2v) is 7.60. The van der Waals surface area contributed by atoms with Crippen molar-refractivity contribution in [2.75, 3.05) is 0 Å². The molecule has 0 radical (unpaired) electrons. The molecule has 0 amide bonds. The maximum absolute atomic E-state index is 6.16. The van der Waals surface area contributed by atoms with E-state index < -0.39 is 5.79 Å². The van der Waals surface area contributed by atoms with E-state index in [0.717, 1.165) is 12.0 Å². The van der Waals surface area contributed by atoms with Crippen LogP contribution < -0.4 is 0 Å². The topological polar surface area (TPSA) is 18.5 Å². The molecule has 1 aliphatic heterocycles. The van der Waals surface area contributed by atoms with Crippen LogP contribution in [0.5, 0.6) is 0 Å². The van der Waals surface area contributed by atoms with Crippen LogP contribution in [0.4, 0.5) is 0 Å². The molecule has 1 heterocycles. The number of hydrogen-bond acceptors (Lipinski definition) is 2. The van der Waals surface area contributed by atoms with Gasteiger partial charge in [0.2, 0.25) is 5.79 Å². The zero-order valence-corrected chi connectivity index (χ0v) is 14.6. The minimum Gasteiger partial charge on any atom is -0.339 e. The second kappa shape index (κ2) is 6.17. The zero-order valence-electron chi connectivity index (χ0n) is 13.0. The van der Waals surface area contributed by atoms with Crippen molar-refractivity contribution >= 4 is 15.9 Å². The summed E-state index contributed by atoms with van der Waals surface area (Å²) in [4.78, 5) is 0.0957. The van der Waals surface area contributed by atoms with Gasteiger partial charge < -0.3 is 9.47 Å². The van der Waals surface area contributed by atoms with Crippen LogP contribution in [0.25, 0.3) is 0 Å². The minimum atomic E-state index is -0.671. The lowest BCUT2D eigenvalue weighted by Gasteiger charge is -2.31. The van der Waals surface area contributed by atoms with Crippen LogP contribution in [0, 0.1) is 5.92 Å². The van der Waals surface area contributed by atoms with Crippen molar-refractivity contribution in [1.82, 2.24) is 0 Å². The fraction of sp³-hybridized carbons (Fsp3) is 0.647. The van der Waals surface area contributed by atoms with E-state index in [4.69, 9.17) is 9.47 Å². The van der Waals surface area contributed by atoms with Crippen LogP contribution >= 0.6 is 15.9 Å². The SMILES string of the molecule is CC(C)Cc1ccc(C2(C(C)Br)OC(C)C(C)O2)cc1. The lowest BCUT2D eigenvalue weighted by atomic mass is 9.97. The molecule has 3 heteroatoms. The molecule has 1 aromatic carbocycles. The molecule has 3 atom stereocenters. The zero-order chi connectivity index (χ0) is 14.9. The van der Waals surface area contributed by atoms with Gasteiger partial charge in [0.25, 0.3) is 0 Å². The normalized spacial score (nSPS) is 31.8. The predicted molar refractivity (Wildman–Crippen MR) is 86.1 cm³/mol. The standard InChI is InChI=1S/C17H25BrO2/c1-11(2)10-15-6-8-16(9-7-15)17(14(5)18)19-12(3)13(4)20-17/h6-9,11-14H,10H2,1-5H3. The van der Waals surface area contributed by atoms with Gasteiger partial charge in [0, 0.05) is 5.56 Å². The molecule has 0 bridgehead atoms. The van der Waals surface area contributed by atoms with E-state index >= 15 is 0 Å². The van der Waals surface area contributed by atoms with Crippen molar-refractivity contribution in [1.29, 1.82) is 0 Å². The van der Waals surface area contributed by atoms with E-state index in [1.807, 2.05) is 0 Å². The third kappa shape index (κ3) is 3.10. The summed E-state index contributed by atoms with van der Waals surface area (Å²) in [7, 11) is 0. The first kappa shape index (κ1) is 16.0. The van der Waals surface area contributed by atoms with Crippen LogP contribution in [-0.2, 0) is 21.7 Å². The summed E-state index contributed by atoms with van der Waals surface area (Å²) in [6.45, 7) is 10.7. The van der Waals surface area contributed by atoms with Crippen LogP contribution in [0.15, 0.2) is 24.3 Å². The van der Waals surface area contributed by atoms with Gasteiger partial charge in [-0.1, -0.05) is 54.0 Å². The van der Waals surface area contributed by atoms with Gasteiger partial charge >= 0.3 is 0 Å². The lowest BCUT2D eigenvalue weighted by Crippen LogP contribution is -2.36. The smallest absolute Gasteiger partial charge is 0.208 e. The molecule has 1 fully saturated rings. The molecule has 0 saturated carbocycles. The molecule has 0 aromatic heterocycles. The van der Waals surface area contributed by atoms with Crippen molar-refractivity contribution in [3.63, 3.8) is 0 Å². The highest BCUT2D eigenvalue weighted by Gasteiger charge is 2.48. The Bertz CT molecular complexity index is 429. The van der Waals surface area contributed by atoms with Crippen molar-refractivity contribution in [3.8, 4) is 0 Å². The van der Waals surface area contributed by atoms with Gasteiger partial charge in [-0.15, -0.1) is 0 Å². The summed E-state index contributed by atoms with van der Waals surface area (Å²) in [5, 5.41) is 0.